The molecule has 2 aliphatic rings. The highest BCUT2D eigenvalue weighted by Gasteiger charge is 2.40. The molecule has 2 aromatic rings. The van der Waals surface area contributed by atoms with E-state index in [1.165, 1.54) is 24.2 Å². The Kier molecular flexibility index (Phi) is 4.97. The molecular formula is C18H16ClF3N6S. The van der Waals surface area contributed by atoms with Crippen LogP contribution in [0.4, 0.5) is 24.5 Å². The molecule has 0 spiro atoms. The normalized spacial score (nSPS) is 21.8. The molecule has 0 saturated heterocycles. The van der Waals surface area contributed by atoms with Crippen LogP contribution in [0.25, 0.3) is 0 Å². The molecule has 1 aromatic carbocycles. The Morgan fingerprint density at radius 1 is 1.17 bits per heavy atom. The van der Waals surface area contributed by atoms with Gasteiger partial charge in [0.15, 0.2) is 0 Å². The molecule has 11 heteroatoms. The minimum Gasteiger partial charge on any atom is -0.312 e. The summed E-state index contributed by atoms with van der Waals surface area (Å²) in [7, 11) is 0. The Bertz CT molecular complexity index is 987. The fourth-order valence-electron chi connectivity index (χ4n) is 3.26. The van der Waals surface area contributed by atoms with Gasteiger partial charge in [0.25, 0.3) is 0 Å². The number of hydrogen-bond acceptors (Lipinski definition) is 7. The maximum Gasteiger partial charge on any atom is 0.433 e. The number of aromatic nitrogens is 1. The number of rotatable bonds is 2. The molecule has 0 saturated carbocycles. The zero-order valence-corrected chi connectivity index (χ0v) is 16.6. The molecule has 2 aliphatic heterocycles. The second-order valence-electron chi connectivity index (χ2n) is 6.47. The zero-order valence-electron chi connectivity index (χ0n) is 15.1. The molecule has 29 heavy (non-hydrogen) atoms. The molecule has 0 aliphatic carbocycles. The number of pyridine rings is 1. The third-order valence-corrected chi connectivity index (χ3v) is 5.91. The van der Waals surface area contributed by atoms with Gasteiger partial charge >= 0.3 is 6.18 Å². The lowest BCUT2D eigenvalue weighted by Crippen LogP contribution is -2.50. The summed E-state index contributed by atoms with van der Waals surface area (Å²) in [5.74, 6) is 0. The van der Waals surface area contributed by atoms with Crippen LogP contribution < -0.4 is 21.3 Å². The van der Waals surface area contributed by atoms with Crippen LogP contribution in [-0.4, -0.2) is 23.0 Å². The van der Waals surface area contributed by atoms with Crippen LogP contribution >= 0.6 is 23.4 Å². The third-order valence-electron chi connectivity index (χ3n) is 4.61. The molecule has 4 rings (SSSR count). The van der Waals surface area contributed by atoms with Gasteiger partial charge in [0.1, 0.15) is 22.4 Å². The minimum atomic E-state index is -4.51. The number of benzene rings is 1. The van der Waals surface area contributed by atoms with E-state index < -0.39 is 23.5 Å². The number of nitrogens with two attached hydrogens (primary N) is 2. The third kappa shape index (κ3) is 3.46. The van der Waals surface area contributed by atoms with E-state index in [9.17, 15) is 13.2 Å². The first kappa shape index (κ1) is 20.0. The Morgan fingerprint density at radius 3 is 2.55 bits per heavy atom. The summed E-state index contributed by atoms with van der Waals surface area (Å²) in [6, 6.07) is 7.72. The van der Waals surface area contributed by atoms with Crippen molar-refractivity contribution in [3.05, 3.63) is 63.5 Å². The molecule has 4 N–H and O–H groups in total. The topological polar surface area (TPSA) is 83.8 Å². The van der Waals surface area contributed by atoms with Crippen molar-refractivity contribution in [1.29, 1.82) is 0 Å². The van der Waals surface area contributed by atoms with E-state index in [-0.39, 0.29) is 0 Å². The molecule has 6 nitrogen and oxygen atoms in total. The summed E-state index contributed by atoms with van der Waals surface area (Å²) in [6.07, 6.45) is -2.67. The molecule has 0 radical (unpaired) electrons. The molecule has 2 atom stereocenters. The standard InChI is InChI=1S/C18H16ClF3N6S/c1-9-3-2-4-11(19)13(9)28-14-15(23)27(8-26-16(14)29-17(28)24)10-5-6-12(25-7-10)18(20,21)22/h2-8,15,17H,23-24H2,1H3. The molecule has 1 aromatic heterocycles. The Hall–Kier alpha value is -2.27. The maximum atomic E-state index is 12.8. The lowest BCUT2D eigenvalue weighted by Gasteiger charge is -2.36. The van der Waals surface area contributed by atoms with Crippen LogP contribution in [0.1, 0.15) is 11.3 Å². The first-order valence-corrected chi connectivity index (χ1v) is 9.76. The summed E-state index contributed by atoms with van der Waals surface area (Å²) in [5, 5.41) is 1.15. The minimum absolute atomic E-state index is 0.377. The smallest absolute Gasteiger partial charge is 0.312 e. The average molecular weight is 441 g/mol. The van der Waals surface area contributed by atoms with Crippen molar-refractivity contribution in [2.45, 2.75) is 24.8 Å². The van der Waals surface area contributed by atoms with Gasteiger partial charge in [0, 0.05) is 0 Å². The number of nitrogens with zero attached hydrogens (tertiary/aromatic N) is 4. The summed E-state index contributed by atoms with van der Waals surface area (Å²) in [5.41, 5.74) is 14.0. The van der Waals surface area contributed by atoms with Crippen LogP contribution in [-0.2, 0) is 6.18 Å². The quantitative estimate of drug-likeness (QED) is 0.737. The Morgan fingerprint density at radius 2 is 1.93 bits per heavy atom. The summed E-state index contributed by atoms with van der Waals surface area (Å²) in [6.45, 7) is 1.91. The summed E-state index contributed by atoms with van der Waals surface area (Å²) < 4.78 is 38.4. The SMILES string of the molecule is Cc1cccc(Cl)c1N1C2=C(N=CN(c3ccc(C(F)(F)F)nc3)C2N)SC1N. The highest BCUT2D eigenvalue weighted by Crippen LogP contribution is 2.46. The molecule has 0 amide bonds. The van der Waals surface area contributed by atoms with Gasteiger partial charge < -0.3 is 21.3 Å². The molecule has 0 fully saturated rings. The number of para-hydroxylation sites is 1. The molecule has 152 valence electrons. The lowest BCUT2D eigenvalue weighted by atomic mass is 10.1. The Labute approximate surface area is 174 Å². The largest absolute Gasteiger partial charge is 0.433 e. The Balaban J connectivity index is 1.71. The van der Waals surface area contributed by atoms with E-state index in [1.54, 1.807) is 11.0 Å². The first-order chi connectivity index (χ1) is 13.7. The maximum absolute atomic E-state index is 12.8. The van der Waals surface area contributed by atoms with Crippen molar-refractivity contribution in [3.63, 3.8) is 0 Å². The van der Waals surface area contributed by atoms with Crippen molar-refractivity contribution in [1.82, 2.24) is 4.98 Å². The lowest BCUT2D eigenvalue weighted by molar-refractivity contribution is -0.141. The fourth-order valence-corrected chi connectivity index (χ4v) is 4.57. The number of aliphatic imine (C=N–C) groups is 1. The van der Waals surface area contributed by atoms with Crippen molar-refractivity contribution >= 4 is 41.1 Å². The van der Waals surface area contributed by atoms with Gasteiger partial charge in [-0.25, -0.2) is 9.98 Å². The van der Waals surface area contributed by atoms with Crippen molar-refractivity contribution in [2.75, 3.05) is 9.80 Å². The number of hydrogen-bond donors (Lipinski definition) is 2. The van der Waals surface area contributed by atoms with Crippen LogP contribution in [0.3, 0.4) is 0 Å². The molecule has 0 bridgehead atoms. The van der Waals surface area contributed by atoms with Gasteiger partial charge in [0.2, 0.25) is 0 Å². The van der Waals surface area contributed by atoms with Gasteiger partial charge in [-0.2, -0.15) is 13.2 Å². The van der Waals surface area contributed by atoms with Gasteiger partial charge in [-0.15, -0.1) is 0 Å². The van der Waals surface area contributed by atoms with Crippen LogP contribution in [0, 0.1) is 6.92 Å². The predicted octanol–water partition coefficient (Wildman–Crippen LogP) is 3.86. The van der Waals surface area contributed by atoms with E-state index >= 15 is 0 Å². The van der Waals surface area contributed by atoms with Crippen LogP contribution in [0.15, 0.2) is 52.2 Å². The van der Waals surface area contributed by atoms with E-state index in [0.29, 0.717) is 21.4 Å². The molecule has 2 unspecified atom stereocenters. The first-order valence-electron chi connectivity index (χ1n) is 8.50. The summed E-state index contributed by atoms with van der Waals surface area (Å²) in [4.78, 5) is 11.3. The van der Waals surface area contributed by atoms with Crippen molar-refractivity contribution in [2.24, 2.45) is 16.5 Å². The summed E-state index contributed by atoms with van der Waals surface area (Å²) >= 11 is 7.76. The van der Waals surface area contributed by atoms with E-state index in [0.717, 1.165) is 23.5 Å². The van der Waals surface area contributed by atoms with E-state index in [4.69, 9.17) is 23.1 Å². The van der Waals surface area contributed by atoms with E-state index in [1.807, 2.05) is 24.0 Å². The molecular weight excluding hydrogens is 425 g/mol. The monoisotopic (exact) mass is 440 g/mol. The molecule has 3 heterocycles. The fraction of sp³-hybridized carbons (Fsp3) is 0.222. The zero-order chi connectivity index (χ0) is 20.9. The number of halogens is 4. The van der Waals surface area contributed by atoms with Gasteiger partial charge in [0.05, 0.1) is 34.6 Å². The predicted molar refractivity (Wildman–Crippen MR) is 109 cm³/mol. The number of aryl methyl sites for hydroxylation is 1. The van der Waals surface area contributed by atoms with Gasteiger partial charge in [-0.05, 0) is 30.7 Å². The van der Waals surface area contributed by atoms with Gasteiger partial charge in [-0.3, -0.25) is 0 Å². The highest BCUT2D eigenvalue weighted by atomic mass is 35.5. The second-order valence-corrected chi connectivity index (χ2v) is 7.98. The van der Waals surface area contributed by atoms with Crippen LogP contribution in [0.2, 0.25) is 5.02 Å². The number of thioether (sulfide) groups is 1. The van der Waals surface area contributed by atoms with Crippen molar-refractivity contribution < 1.29 is 13.2 Å². The second kappa shape index (κ2) is 7.21. The van der Waals surface area contributed by atoms with E-state index in [2.05, 4.69) is 9.98 Å². The average Bonchev–Trinajstić information content (AvgIpc) is 2.98. The van der Waals surface area contributed by atoms with Gasteiger partial charge in [-0.1, -0.05) is 35.5 Å². The number of anilines is 2. The number of alkyl halides is 3. The highest BCUT2D eigenvalue weighted by molar-refractivity contribution is 8.04. The van der Waals surface area contributed by atoms with Crippen LogP contribution in [0.5, 0.6) is 0 Å². The van der Waals surface area contributed by atoms with Crippen molar-refractivity contribution in [3.8, 4) is 0 Å².